The van der Waals surface area contributed by atoms with Gasteiger partial charge in [0.25, 0.3) is 0 Å². The first kappa shape index (κ1) is 13.7. The molecule has 1 aromatic heterocycles. The number of non-ortho nitro benzene ring substituents is 1. The maximum atomic E-state index is 10.9. The Hall–Kier alpha value is -2.22. The van der Waals surface area contributed by atoms with Crippen molar-refractivity contribution in [2.75, 3.05) is 11.9 Å². The highest BCUT2D eigenvalue weighted by Crippen LogP contribution is 2.30. The Morgan fingerprint density at radius 1 is 1.29 bits per heavy atom. The summed E-state index contributed by atoms with van der Waals surface area (Å²) in [5.41, 5.74) is 7.20. The van der Waals surface area contributed by atoms with Gasteiger partial charge in [0.2, 0.25) is 5.52 Å². The van der Waals surface area contributed by atoms with Crippen LogP contribution >= 0.6 is 0 Å². The molecule has 0 bridgehead atoms. The SMILES string of the molecule is NC1(CNc2ccc([N+](=O)[O-])c3nonc23)CCCCC1. The van der Waals surface area contributed by atoms with Gasteiger partial charge in [-0.25, -0.2) is 4.63 Å². The van der Waals surface area contributed by atoms with Crippen LogP contribution in [-0.4, -0.2) is 27.3 Å². The molecule has 1 aliphatic rings. The molecule has 1 fully saturated rings. The molecule has 0 atom stereocenters. The standard InChI is InChI=1S/C13H17N5O3/c14-13(6-2-1-3-7-13)8-15-9-4-5-10(18(19)20)12-11(9)16-21-17-12/h4-5,15H,1-3,6-8,14H2. The van der Waals surface area contributed by atoms with Crippen molar-refractivity contribution in [2.24, 2.45) is 5.73 Å². The summed E-state index contributed by atoms with van der Waals surface area (Å²) in [6.07, 6.45) is 5.47. The average Bonchev–Trinajstić information content (AvgIpc) is 2.94. The minimum atomic E-state index is -0.498. The van der Waals surface area contributed by atoms with Crippen LogP contribution in [-0.2, 0) is 0 Å². The summed E-state index contributed by atoms with van der Waals surface area (Å²) >= 11 is 0. The van der Waals surface area contributed by atoms with Crippen molar-refractivity contribution in [3.63, 3.8) is 0 Å². The summed E-state index contributed by atoms with van der Waals surface area (Å²) in [5.74, 6) is 0. The maximum absolute atomic E-state index is 10.9. The smallest absolute Gasteiger partial charge is 0.300 e. The summed E-state index contributed by atoms with van der Waals surface area (Å²) in [6, 6.07) is 3.02. The van der Waals surface area contributed by atoms with Crippen LogP contribution in [0.2, 0.25) is 0 Å². The van der Waals surface area contributed by atoms with E-state index in [4.69, 9.17) is 5.73 Å². The predicted octanol–water partition coefficient (Wildman–Crippen LogP) is 2.20. The number of benzene rings is 1. The van der Waals surface area contributed by atoms with Crippen molar-refractivity contribution in [2.45, 2.75) is 37.6 Å². The quantitative estimate of drug-likeness (QED) is 0.654. The molecule has 8 heteroatoms. The van der Waals surface area contributed by atoms with E-state index in [0.29, 0.717) is 17.7 Å². The lowest BCUT2D eigenvalue weighted by atomic mass is 9.82. The van der Waals surface area contributed by atoms with Crippen LogP contribution in [0.25, 0.3) is 11.0 Å². The van der Waals surface area contributed by atoms with Crippen LogP contribution in [0.5, 0.6) is 0 Å². The summed E-state index contributed by atoms with van der Waals surface area (Å²) in [7, 11) is 0. The average molecular weight is 291 g/mol. The van der Waals surface area contributed by atoms with Gasteiger partial charge in [0, 0.05) is 18.2 Å². The van der Waals surface area contributed by atoms with Gasteiger partial charge in [0.1, 0.15) is 0 Å². The van der Waals surface area contributed by atoms with Crippen molar-refractivity contribution in [1.82, 2.24) is 10.3 Å². The lowest BCUT2D eigenvalue weighted by molar-refractivity contribution is -0.383. The molecule has 0 spiro atoms. The predicted molar refractivity (Wildman–Crippen MR) is 77.0 cm³/mol. The lowest BCUT2D eigenvalue weighted by Gasteiger charge is -2.33. The zero-order valence-corrected chi connectivity index (χ0v) is 11.5. The van der Waals surface area contributed by atoms with Gasteiger partial charge in [-0.15, -0.1) is 0 Å². The molecule has 2 aromatic rings. The molecule has 21 heavy (non-hydrogen) atoms. The van der Waals surface area contributed by atoms with Crippen molar-refractivity contribution in [3.8, 4) is 0 Å². The van der Waals surface area contributed by atoms with Crippen LogP contribution in [0, 0.1) is 10.1 Å². The van der Waals surface area contributed by atoms with Crippen LogP contribution in [0.15, 0.2) is 16.8 Å². The second-order valence-electron chi connectivity index (χ2n) is 5.63. The Balaban J connectivity index is 1.83. The Labute approximate surface area is 120 Å². The minimum Gasteiger partial charge on any atom is -0.381 e. The molecule has 0 radical (unpaired) electrons. The number of fused-ring (bicyclic) bond motifs is 1. The van der Waals surface area contributed by atoms with Gasteiger partial charge in [-0.05, 0) is 29.2 Å². The fourth-order valence-corrected chi connectivity index (χ4v) is 2.85. The first-order valence-corrected chi connectivity index (χ1v) is 7.01. The van der Waals surface area contributed by atoms with Crippen LogP contribution in [0.3, 0.4) is 0 Å². The highest BCUT2D eigenvalue weighted by molar-refractivity contribution is 5.93. The Morgan fingerprint density at radius 3 is 2.71 bits per heavy atom. The van der Waals surface area contributed by atoms with E-state index in [2.05, 4.69) is 20.3 Å². The van der Waals surface area contributed by atoms with Gasteiger partial charge >= 0.3 is 5.69 Å². The fraction of sp³-hybridized carbons (Fsp3) is 0.538. The second-order valence-corrected chi connectivity index (χ2v) is 5.63. The molecular weight excluding hydrogens is 274 g/mol. The van der Waals surface area contributed by atoms with E-state index in [1.807, 2.05) is 0 Å². The van der Waals surface area contributed by atoms with Crippen LogP contribution < -0.4 is 11.1 Å². The molecule has 0 amide bonds. The number of aromatic nitrogens is 2. The minimum absolute atomic E-state index is 0.114. The summed E-state index contributed by atoms with van der Waals surface area (Å²) in [5, 5.41) is 21.5. The second kappa shape index (κ2) is 5.28. The molecule has 1 heterocycles. The number of rotatable bonds is 4. The first-order valence-electron chi connectivity index (χ1n) is 7.01. The number of nitro groups is 1. The van der Waals surface area contributed by atoms with Gasteiger partial charge in [0.05, 0.1) is 10.6 Å². The molecule has 0 saturated heterocycles. The van der Waals surface area contributed by atoms with Crippen molar-refractivity contribution in [3.05, 3.63) is 22.2 Å². The van der Waals surface area contributed by atoms with Gasteiger partial charge < -0.3 is 11.1 Å². The van der Waals surface area contributed by atoms with Crippen molar-refractivity contribution in [1.29, 1.82) is 0 Å². The molecule has 3 N–H and O–H groups in total. The zero-order chi connectivity index (χ0) is 14.9. The summed E-state index contributed by atoms with van der Waals surface area (Å²) in [4.78, 5) is 10.4. The van der Waals surface area contributed by atoms with Crippen LogP contribution in [0.1, 0.15) is 32.1 Å². The lowest BCUT2D eigenvalue weighted by Crippen LogP contribution is -2.47. The van der Waals surface area contributed by atoms with Crippen molar-refractivity contribution < 1.29 is 9.55 Å². The molecule has 112 valence electrons. The Bertz CT molecular complexity index is 663. The van der Waals surface area contributed by atoms with Gasteiger partial charge in [-0.2, -0.15) is 0 Å². The number of hydrogen-bond donors (Lipinski definition) is 2. The highest BCUT2D eigenvalue weighted by atomic mass is 16.6. The summed E-state index contributed by atoms with van der Waals surface area (Å²) in [6.45, 7) is 0.604. The monoisotopic (exact) mass is 291 g/mol. The molecule has 8 nitrogen and oxygen atoms in total. The summed E-state index contributed by atoms with van der Waals surface area (Å²) < 4.78 is 4.64. The molecule has 0 aliphatic heterocycles. The molecule has 1 saturated carbocycles. The number of hydrogen-bond acceptors (Lipinski definition) is 7. The molecular formula is C13H17N5O3. The third-order valence-corrected chi connectivity index (χ3v) is 4.07. The number of nitrogens with zero attached hydrogens (tertiary/aromatic N) is 3. The van der Waals surface area contributed by atoms with Crippen LogP contribution in [0.4, 0.5) is 11.4 Å². The van der Waals surface area contributed by atoms with E-state index in [9.17, 15) is 10.1 Å². The van der Waals surface area contributed by atoms with E-state index < -0.39 is 4.92 Å². The Kier molecular flexibility index (Phi) is 3.46. The largest absolute Gasteiger partial charge is 0.381 e. The topological polar surface area (TPSA) is 120 Å². The van der Waals surface area contributed by atoms with E-state index in [1.54, 1.807) is 6.07 Å². The van der Waals surface area contributed by atoms with Gasteiger partial charge in [0.15, 0.2) is 5.52 Å². The number of nitrogens with two attached hydrogens (primary N) is 1. The Morgan fingerprint density at radius 2 is 2.00 bits per heavy atom. The normalized spacial score (nSPS) is 17.8. The maximum Gasteiger partial charge on any atom is 0.300 e. The van der Waals surface area contributed by atoms with E-state index in [-0.39, 0.29) is 16.7 Å². The van der Waals surface area contributed by atoms with E-state index in [0.717, 1.165) is 25.7 Å². The molecule has 1 aromatic carbocycles. The van der Waals surface area contributed by atoms with E-state index in [1.165, 1.54) is 12.5 Å². The number of nitro benzene ring substituents is 1. The van der Waals surface area contributed by atoms with Crippen molar-refractivity contribution >= 4 is 22.4 Å². The molecule has 1 aliphatic carbocycles. The molecule has 3 rings (SSSR count). The molecule has 0 unspecified atom stereocenters. The number of nitrogens with one attached hydrogen (secondary N) is 1. The van der Waals surface area contributed by atoms with Gasteiger partial charge in [-0.3, -0.25) is 10.1 Å². The van der Waals surface area contributed by atoms with Gasteiger partial charge in [-0.1, -0.05) is 19.3 Å². The zero-order valence-electron chi connectivity index (χ0n) is 11.5. The number of anilines is 1. The third-order valence-electron chi connectivity index (χ3n) is 4.07. The van der Waals surface area contributed by atoms with E-state index >= 15 is 0 Å². The first-order chi connectivity index (χ1) is 10.1. The highest BCUT2D eigenvalue weighted by Gasteiger charge is 2.28. The third kappa shape index (κ3) is 2.66. The fourth-order valence-electron chi connectivity index (χ4n) is 2.85.